The van der Waals surface area contributed by atoms with Crippen LogP contribution in [0.2, 0.25) is 0 Å². The van der Waals surface area contributed by atoms with E-state index in [2.05, 4.69) is 11.0 Å². The highest BCUT2D eigenvalue weighted by Crippen LogP contribution is 2.31. The largest absolute Gasteiger partial charge is 0.497 e. The van der Waals surface area contributed by atoms with E-state index in [1.165, 1.54) is 0 Å². The van der Waals surface area contributed by atoms with Crippen LogP contribution in [-0.4, -0.2) is 75.0 Å². The van der Waals surface area contributed by atoms with Gasteiger partial charge in [-0.05, 0) is 29.8 Å². The third-order valence-electron chi connectivity index (χ3n) is 6.82. The molecule has 37 heavy (non-hydrogen) atoms. The number of morpholine rings is 1. The van der Waals surface area contributed by atoms with Crippen LogP contribution in [0.1, 0.15) is 33.0 Å². The Kier molecular flexibility index (Phi) is 7.41. The highest BCUT2D eigenvalue weighted by molar-refractivity contribution is 5.97. The average Bonchev–Trinajstić information content (AvgIpc) is 2.96. The Morgan fingerprint density at radius 2 is 1.73 bits per heavy atom. The molecular weight excluding hydrogens is 472 g/mol. The maximum Gasteiger partial charge on any atom is 0.257 e. The SMILES string of the molecule is COc1cccc(Cc2nc3c(c(N4CCOCC4)n2)CN(C(=O)c2ccc(OC)cc2OC)CC3)c1. The lowest BCUT2D eigenvalue weighted by molar-refractivity contribution is 0.0729. The molecule has 0 saturated carbocycles. The summed E-state index contributed by atoms with van der Waals surface area (Å²) in [5.74, 6) is 3.53. The van der Waals surface area contributed by atoms with Crippen molar-refractivity contribution < 1.29 is 23.7 Å². The highest BCUT2D eigenvalue weighted by Gasteiger charge is 2.30. The normalized spacial score (nSPS) is 15.2. The smallest absolute Gasteiger partial charge is 0.257 e. The van der Waals surface area contributed by atoms with Crippen molar-refractivity contribution in [3.63, 3.8) is 0 Å². The average molecular weight is 505 g/mol. The molecule has 0 atom stereocenters. The van der Waals surface area contributed by atoms with Crippen LogP contribution in [0.15, 0.2) is 42.5 Å². The lowest BCUT2D eigenvalue weighted by Crippen LogP contribution is -2.41. The Morgan fingerprint density at radius 3 is 2.49 bits per heavy atom. The van der Waals surface area contributed by atoms with E-state index in [0.29, 0.717) is 56.2 Å². The summed E-state index contributed by atoms with van der Waals surface area (Å²) in [6, 6.07) is 13.2. The second kappa shape index (κ2) is 11.0. The van der Waals surface area contributed by atoms with Gasteiger partial charge in [0.1, 0.15) is 28.9 Å². The van der Waals surface area contributed by atoms with Crippen LogP contribution in [0, 0.1) is 0 Å². The van der Waals surface area contributed by atoms with E-state index in [0.717, 1.165) is 47.3 Å². The van der Waals surface area contributed by atoms with Crippen LogP contribution in [0.4, 0.5) is 5.82 Å². The molecule has 1 saturated heterocycles. The summed E-state index contributed by atoms with van der Waals surface area (Å²) in [4.78, 5) is 27.6. The van der Waals surface area contributed by atoms with Gasteiger partial charge < -0.3 is 28.7 Å². The Bertz CT molecular complexity index is 1280. The van der Waals surface area contributed by atoms with Gasteiger partial charge in [-0.1, -0.05) is 12.1 Å². The van der Waals surface area contributed by atoms with E-state index in [-0.39, 0.29) is 5.91 Å². The van der Waals surface area contributed by atoms with Crippen LogP contribution < -0.4 is 19.1 Å². The second-order valence-corrected chi connectivity index (χ2v) is 9.06. The first-order valence-electron chi connectivity index (χ1n) is 12.4. The van der Waals surface area contributed by atoms with Crippen molar-refractivity contribution in [2.24, 2.45) is 0 Å². The van der Waals surface area contributed by atoms with Crippen LogP contribution in [0.5, 0.6) is 17.2 Å². The number of amides is 1. The molecule has 1 fully saturated rings. The molecule has 0 radical (unpaired) electrons. The molecule has 9 heteroatoms. The summed E-state index contributed by atoms with van der Waals surface area (Å²) in [6.07, 6.45) is 1.26. The molecule has 0 unspecified atom stereocenters. The molecule has 0 N–H and O–H groups in total. The van der Waals surface area contributed by atoms with E-state index in [1.807, 2.05) is 23.1 Å². The number of carbonyl (C=O) groups is 1. The fourth-order valence-corrected chi connectivity index (χ4v) is 4.85. The zero-order chi connectivity index (χ0) is 25.8. The molecule has 0 aliphatic carbocycles. The minimum atomic E-state index is -0.0847. The Morgan fingerprint density at radius 1 is 0.946 bits per heavy atom. The Balaban J connectivity index is 1.46. The summed E-state index contributed by atoms with van der Waals surface area (Å²) >= 11 is 0. The molecule has 2 aromatic carbocycles. The number of fused-ring (bicyclic) bond motifs is 1. The van der Waals surface area contributed by atoms with E-state index < -0.39 is 0 Å². The number of carbonyl (C=O) groups excluding carboxylic acids is 1. The molecule has 3 aromatic rings. The van der Waals surface area contributed by atoms with Crippen molar-refractivity contribution in [2.75, 3.05) is 59.1 Å². The van der Waals surface area contributed by atoms with Crippen molar-refractivity contribution >= 4 is 11.7 Å². The molecule has 9 nitrogen and oxygen atoms in total. The molecular formula is C28H32N4O5. The van der Waals surface area contributed by atoms with E-state index in [4.69, 9.17) is 28.9 Å². The van der Waals surface area contributed by atoms with Gasteiger partial charge in [-0.3, -0.25) is 4.79 Å². The van der Waals surface area contributed by atoms with Gasteiger partial charge in [0.25, 0.3) is 5.91 Å². The van der Waals surface area contributed by atoms with Crippen molar-refractivity contribution in [1.29, 1.82) is 0 Å². The number of methoxy groups -OCH3 is 3. The topological polar surface area (TPSA) is 86.3 Å². The minimum Gasteiger partial charge on any atom is -0.497 e. The van der Waals surface area contributed by atoms with Crippen molar-refractivity contribution in [3.05, 3.63) is 70.7 Å². The van der Waals surface area contributed by atoms with Gasteiger partial charge in [0.15, 0.2) is 0 Å². The fourth-order valence-electron chi connectivity index (χ4n) is 4.85. The van der Waals surface area contributed by atoms with Gasteiger partial charge in [0.2, 0.25) is 0 Å². The number of hydrogen-bond donors (Lipinski definition) is 0. The Labute approximate surface area is 216 Å². The highest BCUT2D eigenvalue weighted by atomic mass is 16.5. The predicted octanol–water partition coefficient (Wildman–Crippen LogP) is 3.13. The van der Waals surface area contributed by atoms with Crippen LogP contribution in [0.25, 0.3) is 0 Å². The first-order valence-corrected chi connectivity index (χ1v) is 12.4. The molecule has 3 heterocycles. The van der Waals surface area contributed by atoms with Gasteiger partial charge in [-0.15, -0.1) is 0 Å². The fraction of sp³-hybridized carbons (Fsp3) is 0.393. The molecule has 1 aromatic heterocycles. The van der Waals surface area contributed by atoms with E-state index >= 15 is 0 Å². The number of benzene rings is 2. The first kappa shape index (κ1) is 24.8. The summed E-state index contributed by atoms with van der Waals surface area (Å²) in [7, 11) is 4.82. The zero-order valence-corrected chi connectivity index (χ0v) is 21.5. The third-order valence-corrected chi connectivity index (χ3v) is 6.82. The summed E-state index contributed by atoms with van der Waals surface area (Å²) in [5.41, 5.74) is 3.60. The second-order valence-electron chi connectivity index (χ2n) is 9.06. The van der Waals surface area contributed by atoms with Crippen molar-refractivity contribution in [3.8, 4) is 17.2 Å². The number of aromatic nitrogens is 2. The van der Waals surface area contributed by atoms with Crippen LogP contribution >= 0.6 is 0 Å². The van der Waals surface area contributed by atoms with E-state index in [9.17, 15) is 4.79 Å². The standard InChI is InChI=1S/C28H32N4O5/c1-34-20-6-4-5-19(15-20)16-26-29-24-9-10-32(18-23(24)27(30-26)31-11-13-37-14-12-31)28(33)22-8-7-21(35-2)17-25(22)36-3/h4-8,15,17H,9-14,16,18H2,1-3H3. The first-order chi connectivity index (χ1) is 18.1. The van der Waals surface area contributed by atoms with Crippen molar-refractivity contribution in [1.82, 2.24) is 14.9 Å². The number of anilines is 1. The third kappa shape index (κ3) is 5.32. The van der Waals surface area contributed by atoms with Crippen LogP contribution in [-0.2, 0) is 24.1 Å². The molecule has 0 bridgehead atoms. The summed E-state index contributed by atoms with van der Waals surface area (Å²) < 4.78 is 21.8. The minimum absolute atomic E-state index is 0.0847. The maximum absolute atomic E-state index is 13.6. The van der Waals surface area contributed by atoms with Gasteiger partial charge in [0.05, 0.1) is 52.3 Å². The van der Waals surface area contributed by atoms with Crippen molar-refractivity contribution in [2.45, 2.75) is 19.4 Å². The monoisotopic (exact) mass is 504 g/mol. The number of hydrogen-bond acceptors (Lipinski definition) is 8. The van der Waals surface area contributed by atoms with Crippen LogP contribution in [0.3, 0.4) is 0 Å². The summed E-state index contributed by atoms with van der Waals surface area (Å²) in [6.45, 7) is 3.81. The quantitative estimate of drug-likeness (QED) is 0.485. The molecule has 2 aliphatic rings. The number of nitrogens with zero attached hydrogens (tertiary/aromatic N) is 4. The summed E-state index contributed by atoms with van der Waals surface area (Å²) in [5, 5.41) is 0. The molecule has 2 aliphatic heterocycles. The molecule has 194 valence electrons. The molecule has 0 spiro atoms. The maximum atomic E-state index is 13.6. The zero-order valence-electron chi connectivity index (χ0n) is 21.5. The molecule has 5 rings (SSSR count). The lowest BCUT2D eigenvalue weighted by Gasteiger charge is -2.34. The predicted molar refractivity (Wildman–Crippen MR) is 139 cm³/mol. The number of ether oxygens (including phenoxy) is 4. The van der Waals surface area contributed by atoms with Gasteiger partial charge in [-0.2, -0.15) is 0 Å². The van der Waals surface area contributed by atoms with Gasteiger partial charge in [0, 0.05) is 44.1 Å². The number of rotatable bonds is 7. The van der Waals surface area contributed by atoms with Gasteiger partial charge >= 0.3 is 0 Å². The molecule has 1 amide bonds. The lowest BCUT2D eigenvalue weighted by atomic mass is 10.0. The Hall–Kier alpha value is -3.85. The van der Waals surface area contributed by atoms with E-state index in [1.54, 1.807) is 39.5 Å². The van der Waals surface area contributed by atoms with Gasteiger partial charge in [-0.25, -0.2) is 9.97 Å².